The van der Waals surface area contributed by atoms with Gasteiger partial charge in [-0.1, -0.05) is 57.0 Å². The zero-order valence-electron chi connectivity index (χ0n) is 16.5. The zero-order chi connectivity index (χ0) is 20.4. The number of carbonyl (C=O) groups is 1. The average Bonchev–Trinajstić information content (AvgIpc) is 2.75. The first-order valence-corrected chi connectivity index (χ1v) is 10.7. The van der Waals surface area contributed by atoms with E-state index in [1.165, 1.54) is 0 Å². The van der Waals surface area contributed by atoms with Crippen LogP contribution in [0.4, 0.5) is 5.69 Å². The third-order valence-electron chi connectivity index (χ3n) is 5.04. The minimum absolute atomic E-state index is 0.129. The minimum Gasteiger partial charge on any atom is -0.303 e. The summed E-state index contributed by atoms with van der Waals surface area (Å²) in [5, 5.41) is 9.22. The van der Waals surface area contributed by atoms with Gasteiger partial charge in [-0.25, -0.2) is 4.21 Å². The minimum atomic E-state index is -1.70. The molecule has 28 heavy (non-hydrogen) atoms. The monoisotopic (exact) mass is 403 g/mol. The number of hydrogen-bond acceptors (Lipinski definition) is 5. The van der Waals surface area contributed by atoms with Crippen LogP contribution < -0.4 is 5.48 Å². The van der Waals surface area contributed by atoms with Crippen LogP contribution in [0.15, 0.2) is 53.4 Å². The molecule has 2 rings (SSSR count). The summed E-state index contributed by atoms with van der Waals surface area (Å²) in [4.78, 5) is 12.2. The quantitative estimate of drug-likeness (QED) is 0.389. The Morgan fingerprint density at radius 3 is 2.54 bits per heavy atom. The molecule has 0 saturated heterocycles. The average molecular weight is 404 g/mol. The van der Waals surface area contributed by atoms with Crippen molar-refractivity contribution < 1.29 is 18.4 Å². The Hall–Kier alpha value is -2.02. The Morgan fingerprint density at radius 2 is 1.93 bits per heavy atom. The van der Waals surface area contributed by atoms with E-state index in [1.807, 2.05) is 37.3 Å². The summed E-state index contributed by atoms with van der Waals surface area (Å²) >= 11 is -1.70. The van der Waals surface area contributed by atoms with Crippen molar-refractivity contribution in [2.75, 3.05) is 12.1 Å². The number of nitrogens with one attached hydrogen (secondary N) is 1. The second-order valence-electron chi connectivity index (χ2n) is 7.03. The van der Waals surface area contributed by atoms with E-state index >= 15 is 0 Å². The SMILES string of the molecule is CCCCC(C=O)(CC)COS(=O)c1ccc(NO)cc1Cc1ccccc1. The number of anilines is 1. The van der Waals surface area contributed by atoms with Crippen LogP contribution in [0.1, 0.15) is 50.7 Å². The molecule has 0 aliphatic carbocycles. The van der Waals surface area contributed by atoms with Gasteiger partial charge in [0.15, 0.2) is 11.1 Å². The maximum absolute atomic E-state index is 12.9. The highest BCUT2D eigenvalue weighted by molar-refractivity contribution is 7.80. The van der Waals surface area contributed by atoms with Gasteiger partial charge in [-0.05, 0) is 48.6 Å². The highest BCUT2D eigenvalue weighted by Gasteiger charge is 2.29. The van der Waals surface area contributed by atoms with E-state index in [1.54, 1.807) is 18.2 Å². The number of rotatable bonds is 12. The first kappa shape index (κ1) is 22.3. The number of carbonyl (C=O) groups excluding carboxylic acids is 1. The van der Waals surface area contributed by atoms with Crippen LogP contribution >= 0.6 is 0 Å². The van der Waals surface area contributed by atoms with Gasteiger partial charge in [-0.2, -0.15) is 0 Å². The fourth-order valence-electron chi connectivity index (χ4n) is 3.06. The molecule has 0 aromatic heterocycles. The van der Waals surface area contributed by atoms with Crippen LogP contribution in [-0.4, -0.2) is 22.3 Å². The molecule has 0 aliphatic rings. The number of benzene rings is 2. The third-order valence-corrected chi connectivity index (χ3v) is 6.13. The van der Waals surface area contributed by atoms with Gasteiger partial charge >= 0.3 is 0 Å². The molecule has 0 amide bonds. The van der Waals surface area contributed by atoms with Crippen molar-refractivity contribution in [2.45, 2.75) is 50.8 Å². The summed E-state index contributed by atoms with van der Waals surface area (Å²) in [6, 6.07) is 14.9. The molecule has 6 heteroatoms. The number of aldehydes is 1. The van der Waals surface area contributed by atoms with E-state index in [0.29, 0.717) is 23.4 Å². The molecule has 0 bridgehead atoms. The highest BCUT2D eigenvalue weighted by atomic mass is 32.2. The topological polar surface area (TPSA) is 75.6 Å². The summed E-state index contributed by atoms with van der Waals surface area (Å²) in [5.41, 5.74) is 3.91. The van der Waals surface area contributed by atoms with Gasteiger partial charge in [0, 0.05) is 0 Å². The van der Waals surface area contributed by atoms with Crippen molar-refractivity contribution in [2.24, 2.45) is 5.41 Å². The Morgan fingerprint density at radius 1 is 1.18 bits per heavy atom. The van der Waals surface area contributed by atoms with Crippen molar-refractivity contribution >= 4 is 23.1 Å². The van der Waals surface area contributed by atoms with Crippen LogP contribution in [0.2, 0.25) is 0 Å². The van der Waals surface area contributed by atoms with Crippen LogP contribution in [0.5, 0.6) is 0 Å². The lowest BCUT2D eigenvalue weighted by molar-refractivity contribution is -0.118. The van der Waals surface area contributed by atoms with Crippen LogP contribution in [0.25, 0.3) is 0 Å². The fourth-order valence-corrected chi connectivity index (χ4v) is 4.05. The van der Waals surface area contributed by atoms with Crippen LogP contribution in [-0.2, 0) is 26.5 Å². The first-order chi connectivity index (χ1) is 13.6. The summed E-state index contributed by atoms with van der Waals surface area (Å²) in [6.07, 6.45) is 4.81. The molecule has 2 N–H and O–H groups in total. The van der Waals surface area contributed by atoms with Gasteiger partial charge in [-0.3, -0.25) is 14.9 Å². The van der Waals surface area contributed by atoms with Gasteiger partial charge in [-0.15, -0.1) is 0 Å². The molecular formula is C22H29NO4S. The van der Waals surface area contributed by atoms with Gasteiger partial charge in [0.2, 0.25) is 0 Å². The van der Waals surface area contributed by atoms with Crippen molar-refractivity contribution in [3.8, 4) is 0 Å². The maximum atomic E-state index is 12.9. The largest absolute Gasteiger partial charge is 0.303 e. The molecule has 0 radical (unpaired) electrons. The van der Waals surface area contributed by atoms with Crippen LogP contribution in [0, 0.1) is 5.41 Å². The van der Waals surface area contributed by atoms with Crippen molar-refractivity contribution in [1.29, 1.82) is 0 Å². The zero-order valence-corrected chi connectivity index (χ0v) is 17.3. The molecule has 0 heterocycles. The second kappa shape index (κ2) is 11.1. The maximum Gasteiger partial charge on any atom is 0.189 e. The molecule has 5 nitrogen and oxygen atoms in total. The Labute approximate surface area is 169 Å². The molecule has 2 atom stereocenters. The van der Waals surface area contributed by atoms with Crippen molar-refractivity contribution in [3.05, 3.63) is 59.7 Å². The van der Waals surface area contributed by atoms with E-state index < -0.39 is 16.5 Å². The summed E-state index contributed by atoms with van der Waals surface area (Å²) < 4.78 is 18.6. The Kier molecular flexibility index (Phi) is 8.83. The normalized spacial score (nSPS) is 14.2. The summed E-state index contributed by atoms with van der Waals surface area (Å²) in [5.74, 6) is 0. The van der Waals surface area contributed by atoms with E-state index in [0.717, 1.165) is 36.7 Å². The highest BCUT2D eigenvalue weighted by Crippen LogP contribution is 2.29. The molecule has 0 aliphatic heterocycles. The van der Waals surface area contributed by atoms with Crippen molar-refractivity contribution in [3.63, 3.8) is 0 Å². The van der Waals surface area contributed by atoms with E-state index in [2.05, 4.69) is 12.4 Å². The molecule has 0 saturated carbocycles. The third kappa shape index (κ3) is 5.99. The Bertz CT molecular complexity index is 781. The smallest absolute Gasteiger partial charge is 0.189 e. The molecular weight excluding hydrogens is 374 g/mol. The lowest BCUT2D eigenvalue weighted by Crippen LogP contribution is -2.28. The second-order valence-corrected chi connectivity index (χ2v) is 8.18. The predicted molar refractivity (Wildman–Crippen MR) is 112 cm³/mol. The van der Waals surface area contributed by atoms with E-state index in [9.17, 15) is 14.2 Å². The molecule has 2 unspecified atom stereocenters. The number of hydrogen-bond donors (Lipinski definition) is 2. The summed E-state index contributed by atoms with van der Waals surface area (Å²) in [7, 11) is 0. The molecule has 152 valence electrons. The first-order valence-electron chi connectivity index (χ1n) is 9.65. The van der Waals surface area contributed by atoms with Gasteiger partial charge in [0.25, 0.3) is 0 Å². The molecule has 2 aromatic carbocycles. The van der Waals surface area contributed by atoms with Gasteiger partial charge in [0.05, 0.1) is 22.6 Å². The molecule has 0 spiro atoms. The van der Waals surface area contributed by atoms with Gasteiger partial charge < -0.3 is 4.79 Å². The van der Waals surface area contributed by atoms with E-state index in [-0.39, 0.29) is 6.61 Å². The Balaban J connectivity index is 2.20. The van der Waals surface area contributed by atoms with E-state index in [4.69, 9.17) is 4.18 Å². The van der Waals surface area contributed by atoms with Crippen LogP contribution in [0.3, 0.4) is 0 Å². The van der Waals surface area contributed by atoms with Crippen molar-refractivity contribution in [1.82, 2.24) is 0 Å². The molecule has 2 aromatic rings. The molecule has 0 fully saturated rings. The number of unbranched alkanes of at least 4 members (excludes halogenated alkanes) is 1. The summed E-state index contributed by atoms with van der Waals surface area (Å²) in [6.45, 7) is 4.17. The van der Waals surface area contributed by atoms with Gasteiger partial charge in [0.1, 0.15) is 6.29 Å². The lowest BCUT2D eigenvalue weighted by Gasteiger charge is -2.25. The fraction of sp³-hybridized carbons (Fsp3) is 0.409. The predicted octanol–water partition coefficient (Wildman–Crippen LogP) is 4.90. The standard InChI is InChI=1S/C22H29NO4S/c1-3-5-13-22(4-2,16-24)17-27-28(26)21-12-11-20(23-25)15-19(21)14-18-9-7-6-8-10-18/h6-12,15-16,23,25H,3-5,13-14,17H2,1-2H3. The lowest BCUT2D eigenvalue weighted by atomic mass is 9.83.